The second kappa shape index (κ2) is 7.58. The predicted octanol–water partition coefficient (Wildman–Crippen LogP) is 3.80. The summed E-state index contributed by atoms with van der Waals surface area (Å²) in [5, 5.41) is 2.94. The van der Waals surface area contributed by atoms with Gasteiger partial charge in [0.25, 0.3) is 0 Å². The molecule has 0 bridgehead atoms. The molecule has 0 unspecified atom stereocenters. The van der Waals surface area contributed by atoms with E-state index in [1.165, 1.54) is 6.92 Å². The van der Waals surface area contributed by atoms with Crippen molar-refractivity contribution in [1.29, 1.82) is 0 Å². The summed E-state index contributed by atoms with van der Waals surface area (Å²) in [6.07, 6.45) is 0.737. The van der Waals surface area contributed by atoms with E-state index in [2.05, 4.69) is 5.32 Å². The summed E-state index contributed by atoms with van der Waals surface area (Å²) >= 11 is 0. The van der Waals surface area contributed by atoms with E-state index in [-0.39, 0.29) is 17.7 Å². The molecule has 0 fully saturated rings. The molecule has 0 spiro atoms. The number of anilines is 2. The van der Waals surface area contributed by atoms with Crippen molar-refractivity contribution in [1.82, 2.24) is 0 Å². The van der Waals surface area contributed by atoms with Crippen molar-refractivity contribution < 1.29 is 9.59 Å². The molecule has 0 aliphatic heterocycles. The molecule has 0 aliphatic rings. The Balaban J connectivity index is 2.09. The Kier molecular flexibility index (Phi) is 5.52. The van der Waals surface area contributed by atoms with E-state index in [4.69, 9.17) is 0 Å². The zero-order valence-electron chi connectivity index (χ0n) is 13.7. The number of carbonyl (C=O) groups excluding carboxylic acids is 2. The fraction of sp³-hybridized carbons (Fsp3) is 0.263. The first-order valence-electron chi connectivity index (χ1n) is 7.73. The van der Waals surface area contributed by atoms with Crippen molar-refractivity contribution >= 4 is 23.2 Å². The fourth-order valence-corrected chi connectivity index (χ4v) is 2.44. The SMILES string of the molecule is CC[C@@H](C(=O)Nc1ccc(N(C)C(C)=O)cc1)c1ccccc1. The van der Waals surface area contributed by atoms with Crippen LogP contribution in [0.15, 0.2) is 54.6 Å². The number of benzene rings is 2. The standard InChI is InChI=1S/C19H22N2O2/c1-4-18(15-8-6-5-7-9-15)19(23)20-16-10-12-17(13-11-16)21(3)14(2)22/h5-13,18H,4H2,1-3H3,(H,20,23)/t18-/m1/s1. The molecule has 0 radical (unpaired) electrons. The molecule has 2 rings (SSSR count). The monoisotopic (exact) mass is 310 g/mol. The Hall–Kier alpha value is -2.62. The largest absolute Gasteiger partial charge is 0.326 e. The van der Waals surface area contributed by atoms with Crippen LogP contribution in [-0.4, -0.2) is 18.9 Å². The summed E-state index contributed by atoms with van der Waals surface area (Å²) in [5.41, 5.74) is 2.54. The van der Waals surface area contributed by atoms with Gasteiger partial charge in [-0.25, -0.2) is 0 Å². The maximum absolute atomic E-state index is 12.5. The van der Waals surface area contributed by atoms with E-state index >= 15 is 0 Å². The number of hydrogen-bond acceptors (Lipinski definition) is 2. The molecule has 4 heteroatoms. The second-order valence-corrected chi connectivity index (χ2v) is 5.49. The Morgan fingerprint density at radius 2 is 1.65 bits per heavy atom. The Bertz CT molecular complexity index is 666. The van der Waals surface area contributed by atoms with E-state index in [9.17, 15) is 9.59 Å². The van der Waals surface area contributed by atoms with Crippen molar-refractivity contribution in [3.05, 3.63) is 60.2 Å². The summed E-state index contributed by atoms with van der Waals surface area (Å²) in [4.78, 5) is 25.4. The molecule has 2 amide bonds. The fourth-order valence-electron chi connectivity index (χ4n) is 2.44. The lowest BCUT2D eigenvalue weighted by atomic mass is 9.95. The van der Waals surface area contributed by atoms with Crippen molar-refractivity contribution in [2.24, 2.45) is 0 Å². The lowest BCUT2D eigenvalue weighted by Crippen LogP contribution is -2.23. The molecule has 120 valence electrons. The summed E-state index contributed by atoms with van der Waals surface area (Å²) < 4.78 is 0. The van der Waals surface area contributed by atoms with Gasteiger partial charge < -0.3 is 10.2 Å². The molecule has 0 aliphatic carbocycles. The van der Waals surface area contributed by atoms with Crippen molar-refractivity contribution in [2.45, 2.75) is 26.2 Å². The predicted molar refractivity (Wildman–Crippen MR) is 93.6 cm³/mol. The third-order valence-electron chi connectivity index (χ3n) is 3.92. The van der Waals surface area contributed by atoms with E-state index in [0.29, 0.717) is 0 Å². The van der Waals surface area contributed by atoms with Crippen LogP contribution in [0.25, 0.3) is 0 Å². The van der Waals surface area contributed by atoms with Crippen LogP contribution < -0.4 is 10.2 Å². The number of carbonyl (C=O) groups is 2. The quantitative estimate of drug-likeness (QED) is 0.913. The highest BCUT2D eigenvalue weighted by Crippen LogP contribution is 2.23. The van der Waals surface area contributed by atoms with Crippen LogP contribution in [-0.2, 0) is 9.59 Å². The zero-order chi connectivity index (χ0) is 16.8. The van der Waals surface area contributed by atoms with E-state index < -0.39 is 0 Å². The highest BCUT2D eigenvalue weighted by atomic mass is 16.2. The van der Waals surface area contributed by atoms with E-state index in [1.807, 2.05) is 61.5 Å². The Labute approximate surface area is 137 Å². The number of hydrogen-bond donors (Lipinski definition) is 1. The molecule has 1 atom stereocenters. The van der Waals surface area contributed by atoms with Gasteiger partial charge in [-0.3, -0.25) is 9.59 Å². The zero-order valence-corrected chi connectivity index (χ0v) is 13.7. The Morgan fingerprint density at radius 3 is 2.17 bits per heavy atom. The third kappa shape index (κ3) is 4.19. The topological polar surface area (TPSA) is 49.4 Å². The molecule has 0 aromatic heterocycles. The summed E-state index contributed by atoms with van der Waals surface area (Å²) in [5.74, 6) is -0.223. The molecular weight excluding hydrogens is 288 g/mol. The van der Waals surface area contributed by atoms with Gasteiger partial charge in [-0.15, -0.1) is 0 Å². The van der Waals surface area contributed by atoms with Crippen LogP contribution in [0.4, 0.5) is 11.4 Å². The van der Waals surface area contributed by atoms with Crippen LogP contribution in [0.3, 0.4) is 0 Å². The molecular formula is C19H22N2O2. The lowest BCUT2D eigenvalue weighted by molar-refractivity contribution is -0.118. The van der Waals surface area contributed by atoms with Crippen molar-refractivity contribution in [3.8, 4) is 0 Å². The van der Waals surface area contributed by atoms with Gasteiger partial charge in [-0.05, 0) is 36.2 Å². The minimum absolute atomic E-state index is 0.0219. The molecule has 0 heterocycles. The smallest absolute Gasteiger partial charge is 0.231 e. The number of amides is 2. The molecule has 2 aromatic rings. The average Bonchev–Trinajstić information content (AvgIpc) is 2.56. The van der Waals surface area contributed by atoms with Crippen LogP contribution in [0.1, 0.15) is 31.7 Å². The highest BCUT2D eigenvalue weighted by Gasteiger charge is 2.18. The third-order valence-corrected chi connectivity index (χ3v) is 3.92. The van der Waals surface area contributed by atoms with Gasteiger partial charge in [0.2, 0.25) is 11.8 Å². The normalized spacial score (nSPS) is 11.6. The summed E-state index contributed by atoms with van der Waals surface area (Å²) in [6.45, 7) is 3.52. The summed E-state index contributed by atoms with van der Waals surface area (Å²) in [7, 11) is 1.72. The van der Waals surface area contributed by atoms with Crippen LogP contribution in [0, 0.1) is 0 Å². The number of rotatable bonds is 5. The first-order valence-corrected chi connectivity index (χ1v) is 7.73. The van der Waals surface area contributed by atoms with Crippen molar-refractivity contribution in [3.63, 3.8) is 0 Å². The van der Waals surface area contributed by atoms with E-state index in [0.717, 1.165) is 23.4 Å². The average molecular weight is 310 g/mol. The van der Waals surface area contributed by atoms with Crippen LogP contribution in [0.2, 0.25) is 0 Å². The molecule has 2 aromatic carbocycles. The highest BCUT2D eigenvalue weighted by molar-refractivity contribution is 5.96. The van der Waals surface area contributed by atoms with Gasteiger partial charge in [0, 0.05) is 25.3 Å². The maximum Gasteiger partial charge on any atom is 0.231 e. The first kappa shape index (κ1) is 16.7. The minimum Gasteiger partial charge on any atom is -0.326 e. The number of nitrogens with one attached hydrogen (secondary N) is 1. The van der Waals surface area contributed by atoms with Gasteiger partial charge in [-0.2, -0.15) is 0 Å². The van der Waals surface area contributed by atoms with Crippen LogP contribution in [0.5, 0.6) is 0 Å². The van der Waals surface area contributed by atoms with Gasteiger partial charge in [0.1, 0.15) is 0 Å². The van der Waals surface area contributed by atoms with Gasteiger partial charge in [0.05, 0.1) is 5.92 Å². The Morgan fingerprint density at radius 1 is 1.04 bits per heavy atom. The first-order chi connectivity index (χ1) is 11.0. The van der Waals surface area contributed by atoms with E-state index in [1.54, 1.807) is 11.9 Å². The minimum atomic E-state index is -0.171. The molecule has 4 nitrogen and oxygen atoms in total. The van der Waals surface area contributed by atoms with Gasteiger partial charge in [-0.1, -0.05) is 37.3 Å². The number of nitrogens with zero attached hydrogens (tertiary/aromatic N) is 1. The maximum atomic E-state index is 12.5. The molecule has 23 heavy (non-hydrogen) atoms. The lowest BCUT2D eigenvalue weighted by Gasteiger charge is -2.17. The molecule has 0 saturated heterocycles. The molecule has 1 N–H and O–H groups in total. The molecule has 0 saturated carbocycles. The second-order valence-electron chi connectivity index (χ2n) is 5.49. The van der Waals surface area contributed by atoms with Gasteiger partial charge in [0.15, 0.2) is 0 Å². The van der Waals surface area contributed by atoms with Crippen LogP contribution >= 0.6 is 0 Å². The van der Waals surface area contributed by atoms with Crippen molar-refractivity contribution in [2.75, 3.05) is 17.3 Å². The summed E-state index contributed by atoms with van der Waals surface area (Å²) in [6, 6.07) is 17.0. The van der Waals surface area contributed by atoms with Gasteiger partial charge >= 0.3 is 0 Å².